The van der Waals surface area contributed by atoms with Crippen molar-refractivity contribution in [3.05, 3.63) is 0 Å². The van der Waals surface area contributed by atoms with Crippen molar-refractivity contribution in [2.45, 2.75) is 24.6 Å². The maximum Gasteiger partial charge on any atom is 0.400 e. The summed E-state index contributed by atoms with van der Waals surface area (Å²) in [7, 11) is 0. The molecule has 0 aliphatic heterocycles. The van der Waals surface area contributed by atoms with Gasteiger partial charge in [0.25, 0.3) is 0 Å². The molecule has 1 aliphatic rings. The lowest BCUT2D eigenvalue weighted by Crippen LogP contribution is -2.47. The first-order valence-electron chi connectivity index (χ1n) is 4.75. The van der Waals surface area contributed by atoms with Gasteiger partial charge in [-0.1, -0.05) is 5.16 Å². The SMILES string of the molecule is NC(=NO)C(CNC1(CO)CC1)C(F)(F)F. The van der Waals surface area contributed by atoms with E-state index in [1.54, 1.807) is 0 Å². The lowest BCUT2D eigenvalue weighted by Gasteiger charge is -2.22. The summed E-state index contributed by atoms with van der Waals surface area (Å²) >= 11 is 0. The Hall–Kier alpha value is -1.02. The minimum atomic E-state index is -4.57. The van der Waals surface area contributed by atoms with Crippen LogP contribution in [0.3, 0.4) is 0 Å². The average molecular weight is 241 g/mol. The molecule has 1 aliphatic carbocycles. The summed E-state index contributed by atoms with van der Waals surface area (Å²) in [5.41, 5.74) is 4.36. The number of nitrogens with zero attached hydrogens (tertiary/aromatic N) is 1. The highest BCUT2D eigenvalue weighted by atomic mass is 19.4. The third-order valence-corrected chi connectivity index (χ3v) is 2.71. The van der Waals surface area contributed by atoms with Gasteiger partial charge in [0.1, 0.15) is 5.92 Å². The fraction of sp³-hybridized carbons (Fsp3) is 0.875. The van der Waals surface area contributed by atoms with Crippen molar-refractivity contribution >= 4 is 5.84 Å². The van der Waals surface area contributed by atoms with Gasteiger partial charge in [-0.15, -0.1) is 0 Å². The number of alkyl halides is 3. The Morgan fingerprint density at radius 3 is 2.38 bits per heavy atom. The van der Waals surface area contributed by atoms with Crippen LogP contribution in [0, 0.1) is 5.92 Å². The Balaban J connectivity index is 2.58. The number of nitrogens with one attached hydrogen (secondary N) is 1. The van der Waals surface area contributed by atoms with E-state index in [1.165, 1.54) is 0 Å². The van der Waals surface area contributed by atoms with Crippen LogP contribution in [0.2, 0.25) is 0 Å². The van der Waals surface area contributed by atoms with Gasteiger partial charge in [-0.25, -0.2) is 0 Å². The summed E-state index contributed by atoms with van der Waals surface area (Å²) in [6, 6.07) is 0. The van der Waals surface area contributed by atoms with Crippen LogP contribution < -0.4 is 11.1 Å². The topological polar surface area (TPSA) is 90.9 Å². The fourth-order valence-corrected chi connectivity index (χ4v) is 1.32. The van der Waals surface area contributed by atoms with Gasteiger partial charge in [0, 0.05) is 12.1 Å². The van der Waals surface area contributed by atoms with Gasteiger partial charge >= 0.3 is 6.18 Å². The minimum absolute atomic E-state index is 0.215. The van der Waals surface area contributed by atoms with Gasteiger partial charge < -0.3 is 21.4 Å². The molecule has 0 spiro atoms. The normalized spacial score (nSPS) is 21.9. The Bertz CT molecular complexity index is 276. The summed E-state index contributed by atoms with van der Waals surface area (Å²) in [5, 5.41) is 22.1. The molecule has 0 aromatic carbocycles. The molecule has 0 amide bonds. The molecule has 0 aromatic rings. The minimum Gasteiger partial charge on any atom is -0.409 e. The second kappa shape index (κ2) is 4.46. The van der Waals surface area contributed by atoms with Crippen LogP contribution in [0.5, 0.6) is 0 Å². The lowest BCUT2D eigenvalue weighted by atomic mass is 10.1. The molecule has 94 valence electrons. The second-order valence-corrected chi connectivity index (χ2v) is 3.94. The highest BCUT2D eigenvalue weighted by molar-refractivity contribution is 5.83. The third kappa shape index (κ3) is 2.99. The van der Waals surface area contributed by atoms with Gasteiger partial charge in [-0.05, 0) is 12.8 Å². The van der Waals surface area contributed by atoms with Crippen LogP contribution in [0.25, 0.3) is 0 Å². The van der Waals surface area contributed by atoms with Crippen LogP contribution in [-0.2, 0) is 0 Å². The molecular weight excluding hydrogens is 227 g/mol. The van der Waals surface area contributed by atoms with Crippen molar-refractivity contribution in [1.82, 2.24) is 5.32 Å². The number of halogens is 3. The first kappa shape index (κ1) is 13.0. The number of amidine groups is 1. The Morgan fingerprint density at radius 2 is 2.06 bits per heavy atom. The molecule has 1 saturated carbocycles. The van der Waals surface area contributed by atoms with Crippen LogP contribution in [0.4, 0.5) is 13.2 Å². The number of oxime groups is 1. The molecule has 16 heavy (non-hydrogen) atoms. The molecule has 5 nitrogen and oxygen atoms in total. The molecule has 1 atom stereocenters. The highest BCUT2D eigenvalue weighted by Gasteiger charge is 2.47. The first-order valence-corrected chi connectivity index (χ1v) is 4.75. The zero-order valence-corrected chi connectivity index (χ0v) is 8.46. The average Bonchev–Trinajstić information content (AvgIpc) is 2.96. The number of hydrogen-bond acceptors (Lipinski definition) is 4. The van der Waals surface area contributed by atoms with E-state index in [2.05, 4.69) is 10.5 Å². The van der Waals surface area contributed by atoms with Crippen molar-refractivity contribution in [2.75, 3.05) is 13.2 Å². The van der Waals surface area contributed by atoms with Gasteiger partial charge in [-0.3, -0.25) is 0 Å². The van der Waals surface area contributed by atoms with E-state index in [0.29, 0.717) is 12.8 Å². The molecule has 0 radical (unpaired) electrons. The molecular formula is C8H14F3N3O2. The summed E-state index contributed by atoms with van der Waals surface area (Å²) in [4.78, 5) is 0. The quantitative estimate of drug-likeness (QED) is 0.236. The molecule has 0 heterocycles. The first-order chi connectivity index (χ1) is 7.34. The van der Waals surface area contributed by atoms with Crippen molar-refractivity contribution in [1.29, 1.82) is 0 Å². The van der Waals surface area contributed by atoms with E-state index in [4.69, 9.17) is 16.0 Å². The van der Waals surface area contributed by atoms with E-state index < -0.39 is 30.0 Å². The maximum absolute atomic E-state index is 12.5. The van der Waals surface area contributed by atoms with Crippen LogP contribution >= 0.6 is 0 Å². The molecule has 1 unspecified atom stereocenters. The van der Waals surface area contributed by atoms with Crippen molar-refractivity contribution in [3.63, 3.8) is 0 Å². The molecule has 1 fully saturated rings. The van der Waals surface area contributed by atoms with Gasteiger partial charge in [0.2, 0.25) is 0 Å². The van der Waals surface area contributed by atoms with Gasteiger partial charge in [0.05, 0.1) is 6.61 Å². The molecule has 1 rings (SSSR count). The number of nitrogens with two attached hydrogens (primary N) is 1. The molecule has 0 aromatic heterocycles. The summed E-state index contributed by atoms with van der Waals surface area (Å²) in [6.07, 6.45) is -3.32. The zero-order valence-electron chi connectivity index (χ0n) is 8.46. The standard InChI is InChI=1S/C8H14F3N3O2/c9-8(10,11)5(6(12)14-16)3-13-7(4-15)1-2-7/h5,13,15-16H,1-4H2,(H2,12,14). The smallest absolute Gasteiger partial charge is 0.400 e. The largest absolute Gasteiger partial charge is 0.409 e. The van der Waals surface area contributed by atoms with Crippen molar-refractivity contribution in [3.8, 4) is 0 Å². The van der Waals surface area contributed by atoms with E-state index in [9.17, 15) is 13.2 Å². The highest BCUT2D eigenvalue weighted by Crippen LogP contribution is 2.35. The summed E-state index contributed by atoms with van der Waals surface area (Å²) in [5.74, 6) is -2.92. The Kier molecular flexibility index (Phi) is 3.64. The Morgan fingerprint density at radius 1 is 1.50 bits per heavy atom. The Labute approximate surface area is 90.1 Å². The third-order valence-electron chi connectivity index (χ3n) is 2.71. The fourth-order valence-electron chi connectivity index (χ4n) is 1.32. The van der Waals surface area contributed by atoms with Gasteiger partial charge in [-0.2, -0.15) is 13.2 Å². The number of aliphatic hydroxyl groups excluding tert-OH is 1. The van der Waals surface area contributed by atoms with Crippen LogP contribution in [-0.4, -0.2) is 41.0 Å². The van der Waals surface area contributed by atoms with Crippen molar-refractivity contribution in [2.24, 2.45) is 16.8 Å². The number of hydrogen-bond donors (Lipinski definition) is 4. The van der Waals surface area contributed by atoms with Crippen LogP contribution in [0.1, 0.15) is 12.8 Å². The van der Waals surface area contributed by atoms with E-state index in [-0.39, 0.29) is 6.61 Å². The predicted molar refractivity (Wildman–Crippen MR) is 50.0 cm³/mol. The lowest BCUT2D eigenvalue weighted by molar-refractivity contribution is -0.155. The predicted octanol–water partition coefficient (Wildman–Crippen LogP) is 0.0258. The monoisotopic (exact) mass is 241 g/mol. The number of aliphatic hydroxyl groups is 1. The zero-order chi connectivity index (χ0) is 12.4. The van der Waals surface area contributed by atoms with Crippen molar-refractivity contribution < 1.29 is 23.5 Å². The van der Waals surface area contributed by atoms with Gasteiger partial charge in [0.15, 0.2) is 5.84 Å². The van der Waals surface area contributed by atoms with E-state index in [1.807, 2.05) is 0 Å². The van der Waals surface area contributed by atoms with E-state index in [0.717, 1.165) is 0 Å². The second-order valence-electron chi connectivity index (χ2n) is 3.94. The molecule has 8 heteroatoms. The molecule has 5 N–H and O–H groups in total. The van der Waals surface area contributed by atoms with Crippen LogP contribution in [0.15, 0.2) is 5.16 Å². The number of rotatable bonds is 5. The summed E-state index contributed by atoms with van der Waals surface area (Å²) < 4.78 is 37.4. The molecule has 0 bridgehead atoms. The maximum atomic E-state index is 12.5. The molecule has 0 saturated heterocycles. The van der Waals surface area contributed by atoms with E-state index >= 15 is 0 Å². The summed E-state index contributed by atoms with van der Waals surface area (Å²) in [6.45, 7) is -0.715.